The van der Waals surface area contributed by atoms with Gasteiger partial charge in [0.2, 0.25) is 0 Å². The standard InChI is InChI=1S/C16H17NO6S/c1-10-8-11(4-6-14(10)22-2)17-24(20,21)12-5-7-15(23-3)13(9-12)16(18)19/h4-9,17H,1-3H3,(H,18,19). The Morgan fingerprint density at radius 3 is 2.21 bits per heavy atom. The molecule has 0 bridgehead atoms. The van der Waals surface area contributed by atoms with E-state index in [9.17, 15) is 13.2 Å². The van der Waals surface area contributed by atoms with Crippen LogP contribution >= 0.6 is 0 Å². The molecule has 24 heavy (non-hydrogen) atoms. The van der Waals surface area contributed by atoms with Crippen molar-refractivity contribution in [2.75, 3.05) is 18.9 Å². The van der Waals surface area contributed by atoms with Gasteiger partial charge in [0, 0.05) is 5.69 Å². The van der Waals surface area contributed by atoms with Gasteiger partial charge in [0.05, 0.1) is 19.1 Å². The van der Waals surface area contributed by atoms with Gasteiger partial charge in [-0.15, -0.1) is 0 Å². The van der Waals surface area contributed by atoms with Crippen molar-refractivity contribution < 1.29 is 27.8 Å². The van der Waals surface area contributed by atoms with Crippen LogP contribution in [0.3, 0.4) is 0 Å². The van der Waals surface area contributed by atoms with Crippen LogP contribution in [0.2, 0.25) is 0 Å². The molecule has 0 amide bonds. The minimum atomic E-state index is -3.94. The molecule has 2 aromatic rings. The normalized spacial score (nSPS) is 11.0. The van der Waals surface area contributed by atoms with E-state index in [1.165, 1.54) is 26.4 Å². The fourth-order valence-electron chi connectivity index (χ4n) is 2.18. The summed E-state index contributed by atoms with van der Waals surface area (Å²) in [7, 11) is -1.10. The number of hydrogen-bond acceptors (Lipinski definition) is 5. The van der Waals surface area contributed by atoms with Crippen molar-refractivity contribution >= 4 is 21.7 Å². The molecule has 0 saturated heterocycles. The largest absolute Gasteiger partial charge is 0.496 e. The van der Waals surface area contributed by atoms with Crippen LogP contribution in [0, 0.1) is 6.92 Å². The summed E-state index contributed by atoms with van der Waals surface area (Å²) in [5.74, 6) is -0.554. The average Bonchev–Trinajstić information content (AvgIpc) is 2.54. The third-order valence-electron chi connectivity index (χ3n) is 3.36. The lowest BCUT2D eigenvalue weighted by molar-refractivity contribution is 0.0693. The molecule has 0 aromatic heterocycles. The molecule has 0 unspecified atom stereocenters. The second-order valence-corrected chi connectivity index (χ2v) is 6.64. The number of rotatable bonds is 6. The molecule has 128 valence electrons. The average molecular weight is 351 g/mol. The smallest absolute Gasteiger partial charge is 0.339 e. The van der Waals surface area contributed by atoms with Crippen molar-refractivity contribution in [3.05, 3.63) is 47.5 Å². The first-order chi connectivity index (χ1) is 11.3. The minimum absolute atomic E-state index is 0.0849. The van der Waals surface area contributed by atoms with Crippen LogP contribution in [-0.4, -0.2) is 33.7 Å². The van der Waals surface area contributed by atoms with Gasteiger partial charge in [-0.3, -0.25) is 4.72 Å². The molecule has 2 aromatic carbocycles. The topological polar surface area (TPSA) is 102 Å². The Morgan fingerprint density at radius 1 is 1.04 bits per heavy atom. The SMILES string of the molecule is COc1ccc(NS(=O)(=O)c2ccc(OC)c(C(=O)O)c2)cc1C. The maximum atomic E-state index is 12.5. The fourth-order valence-corrected chi connectivity index (χ4v) is 3.25. The predicted octanol–water partition coefficient (Wildman–Crippen LogP) is 2.51. The van der Waals surface area contributed by atoms with Gasteiger partial charge in [-0.1, -0.05) is 0 Å². The number of carbonyl (C=O) groups is 1. The molecule has 0 aliphatic heterocycles. The maximum absolute atomic E-state index is 12.5. The van der Waals surface area contributed by atoms with E-state index in [0.717, 1.165) is 11.6 Å². The molecule has 0 fully saturated rings. The second-order valence-electron chi connectivity index (χ2n) is 4.96. The van der Waals surface area contributed by atoms with E-state index < -0.39 is 16.0 Å². The number of nitrogens with one attached hydrogen (secondary N) is 1. The highest BCUT2D eigenvalue weighted by Crippen LogP contribution is 2.26. The van der Waals surface area contributed by atoms with E-state index >= 15 is 0 Å². The zero-order valence-corrected chi connectivity index (χ0v) is 14.2. The van der Waals surface area contributed by atoms with Crippen LogP contribution in [0.25, 0.3) is 0 Å². The highest BCUT2D eigenvalue weighted by atomic mass is 32.2. The molecule has 0 saturated carbocycles. The number of benzene rings is 2. The molecule has 2 N–H and O–H groups in total. The number of carboxylic acids is 1. The molecular formula is C16H17NO6S. The molecule has 0 radical (unpaired) electrons. The zero-order valence-electron chi connectivity index (χ0n) is 13.4. The Bertz CT molecular complexity index is 876. The van der Waals surface area contributed by atoms with E-state index in [0.29, 0.717) is 11.4 Å². The van der Waals surface area contributed by atoms with E-state index in [1.807, 2.05) is 0 Å². The molecule has 0 heterocycles. The summed E-state index contributed by atoms with van der Waals surface area (Å²) in [6.07, 6.45) is 0. The first kappa shape index (κ1) is 17.6. The minimum Gasteiger partial charge on any atom is -0.496 e. The number of carboxylic acid groups (broad SMARTS) is 1. The summed E-state index contributed by atoms with van der Waals surface area (Å²) >= 11 is 0. The lowest BCUT2D eigenvalue weighted by Gasteiger charge is -2.12. The Balaban J connectivity index is 2.39. The fraction of sp³-hybridized carbons (Fsp3) is 0.188. The number of sulfonamides is 1. The van der Waals surface area contributed by atoms with Crippen molar-refractivity contribution in [1.82, 2.24) is 0 Å². The summed E-state index contributed by atoms with van der Waals surface area (Å²) < 4.78 is 37.4. The third-order valence-corrected chi connectivity index (χ3v) is 4.74. The van der Waals surface area contributed by atoms with E-state index in [4.69, 9.17) is 14.6 Å². The molecule has 2 rings (SSSR count). The molecule has 0 spiro atoms. The number of ether oxygens (including phenoxy) is 2. The van der Waals surface area contributed by atoms with Crippen LogP contribution in [0.4, 0.5) is 5.69 Å². The van der Waals surface area contributed by atoms with Gasteiger partial charge in [0.15, 0.2) is 0 Å². The summed E-state index contributed by atoms with van der Waals surface area (Å²) in [5, 5.41) is 9.16. The summed E-state index contributed by atoms with van der Waals surface area (Å²) in [5.41, 5.74) is 0.880. The van der Waals surface area contributed by atoms with E-state index in [1.54, 1.807) is 25.1 Å². The Hall–Kier alpha value is -2.74. The number of methoxy groups -OCH3 is 2. The van der Waals surface area contributed by atoms with E-state index in [-0.39, 0.29) is 16.2 Å². The van der Waals surface area contributed by atoms with Crippen LogP contribution < -0.4 is 14.2 Å². The Kier molecular flexibility index (Phi) is 4.99. The number of hydrogen-bond donors (Lipinski definition) is 2. The number of anilines is 1. The first-order valence-electron chi connectivity index (χ1n) is 6.87. The third kappa shape index (κ3) is 3.60. The van der Waals surface area contributed by atoms with Crippen LogP contribution in [-0.2, 0) is 10.0 Å². The highest BCUT2D eigenvalue weighted by molar-refractivity contribution is 7.92. The molecule has 0 atom stereocenters. The van der Waals surface area contributed by atoms with Gasteiger partial charge in [0.1, 0.15) is 17.1 Å². The lowest BCUT2D eigenvalue weighted by atomic mass is 10.2. The van der Waals surface area contributed by atoms with Crippen molar-refractivity contribution in [3.8, 4) is 11.5 Å². The molecule has 0 aliphatic carbocycles. The quantitative estimate of drug-likeness (QED) is 0.829. The summed E-state index contributed by atoms with van der Waals surface area (Å²) in [6.45, 7) is 1.78. The van der Waals surface area contributed by atoms with Crippen molar-refractivity contribution in [2.45, 2.75) is 11.8 Å². The molecule has 7 nitrogen and oxygen atoms in total. The summed E-state index contributed by atoms with van der Waals surface area (Å²) in [4.78, 5) is 11.1. The Labute approximate surface area is 139 Å². The van der Waals surface area contributed by atoms with Gasteiger partial charge < -0.3 is 14.6 Å². The lowest BCUT2D eigenvalue weighted by Crippen LogP contribution is -2.14. The molecule has 0 aliphatic rings. The zero-order chi connectivity index (χ0) is 17.9. The van der Waals surface area contributed by atoms with Gasteiger partial charge in [0.25, 0.3) is 10.0 Å². The van der Waals surface area contributed by atoms with Crippen LogP contribution in [0.1, 0.15) is 15.9 Å². The van der Waals surface area contributed by atoms with E-state index in [2.05, 4.69) is 4.72 Å². The predicted molar refractivity (Wildman–Crippen MR) is 88.5 cm³/mol. The first-order valence-corrected chi connectivity index (χ1v) is 8.35. The van der Waals surface area contributed by atoms with Gasteiger partial charge in [-0.05, 0) is 48.9 Å². The molecule has 8 heteroatoms. The Morgan fingerprint density at radius 2 is 1.67 bits per heavy atom. The van der Waals surface area contributed by atoms with Gasteiger partial charge in [-0.25, -0.2) is 13.2 Å². The number of aromatic carboxylic acids is 1. The maximum Gasteiger partial charge on any atom is 0.339 e. The number of aryl methyl sites for hydroxylation is 1. The van der Waals surface area contributed by atoms with Crippen molar-refractivity contribution in [3.63, 3.8) is 0 Å². The molecular weight excluding hydrogens is 334 g/mol. The summed E-state index contributed by atoms with van der Waals surface area (Å²) in [6, 6.07) is 8.47. The second kappa shape index (κ2) is 6.79. The van der Waals surface area contributed by atoms with Crippen molar-refractivity contribution in [2.24, 2.45) is 0 Å². The van der Waals surface area contributed by atoms with Gasteiger partial charge >= 0.3 is 5.97 Å². The van der Waals surface area contributed by atoms with Crippen LogP contribution in [0.5, 0.6) is 11.5 Å². The van der Waals surface area contributed by atoms with Crippen LogP contribution in [0.15, 0.2) is 41.3 Å². The van der Waals surface area contributed by atoms with Crippen molar-refractivity contribution in [1.29, 1.82) is 0 Å². The van der Waals surface area contributed by atoms with Gasteiger partial charge in [-0.2, -0.15) is 0 Å². The monoisotopic (exact) mass is 351 g/mol. The highest BCUT2D eigenvalue weighted by Gasteiger charge is 2.20.